The SMILES string of the molecule is CCn1ccn(CCNC(C)(C)CC)c1=O. The van der Waals surface area contributed by atoms with Crippen molar-refractivity contribution >= 4 is 0 Å². The quantitative estimate of drug-likeness (QED) is 0.796. The predicted octanol–water partition coefficient (Wildman–Crippen LogP) is 1.45. The van der Waals surface area contributed by atoms with Crippen LogP contribution in [-0.4, -0.2) is 21.2 Å². The summed E-state index contributed by atoms with van der Waals surface area (Å²) in [6.45, 7) is 10.8. The van der Waals surface area contributed by atoms with Gasteiger partial charge in [-0.25, -0.2) is 4.79 Å². The second-order valence-electron chi connectivity index (χ2n) is 4.72. The topological polar surface area (TPSA) is 39.0 Å². The molecule has 0 bridgehead atoms. The zero-order valence-electron chi connectivity index (χ0n) is 10.8. The lowest BCUT2D eigenvalue weighted by Crippen LogP contribution is -2.41. The van der Waals surface area contributed by atoms with E-state index in [-0.39, 0.29) is 11.2 Å². The van der Waals surface area contributed by atoms with E-state index >= 15 is 0 Å². The van der Waals surface area contributed by atoms with E-state index in [2.05, 4.69) is 26.1 Å². The monoisotopic (exact) mass is 225 g/mol. The van der Waals surface area contributed by atoms with Gasteiger partial charge in [0, 0.05) is 37.6 Å². The summed E-state index contributed by atoms with van der Waals surface area (Å²) in [5.41, 5.74) is 0.232. The van der Waals surface area contributed by atoms with Crippen molar-refractivity contribution in [3.8, 4) is 0 Å². The molecule has 0 aliphatic heterocycles. The first-order valence-corrected chi connectivity index (χ1v) is 6.00. The second kappa shape index (κ2) is 5.34. The molecule has 1 heterocycles. The summed E-state index contributed by atoms with van der Waals surface area (Å²) in [6.07, 6.45) is 4.78. The molecular formula is C12H23N3O. The van der Waals surface area contributed by atoms with Crippen LogP contribution in [0.2, 0.25) is 0 Å². The lowest BCUT2D eigenvalue weighted by molar-refractivity contribution is 0.366. The van der Waals surface area contributed by atoms with E-state index < -0.39 is 0 Å². The molecule has 0 amide bonds. The van der Waals surface area contributed by atoms with E-state index in [0.717, 1.165) is 26.1 Å². The molecule has 0 saturated heterocycles. The van der Waals surface area contributed by atoms with Gasteiger partial charge in [-0.05, 0) is 27.2 Å². The normalized spacial score (nSPS) is 12.0. The molecule has 92 valence electrons. The van der Waals surface area contributed by atoms with Crippen molar-refractivity contribution in [2.45, 2.75) is 52.7 Å². The summed E-state index contributed by atoms with van der Waals surface area (Å²) in [5, 5.41) is 3.44. The Labute approximate surface area is 97.3 Å². The molecule has 1 N–H and O–H groups in total. The first kappa shape index (κ1) is 13.0. The molecule has 4 nitrogen and oxygen atoms in total. The average molecular weight is 225 g/mol. The Morgan fingerprint density at radius 3 is 2.38 bits per heavy atom. The third kappa shape index (κ3) is 3.23. The Bertz CT molecular complexity index is 376. The van der Waals surface area contributed by atoms with E-state index in [9.17, 15) is 4.79 Å². The Kier molecular flexibility index (Phi) is 4.35. The maximum Gasteiger partial charge on any atom is 0.328 e. The zero-order chi connectivity index (χ0) is 12.2. The minimum absolute atomic E-state index is 0.0820. The highest BCUT2D eigenvalue weighted by Crippen LogP contribution is 2.05. The number of aromatic nitrogens is 2. The van der Waals surface area contributed by atoms with Gasteiger partial charge in [0.05, 0.1) is 0 Å². The zero-order valence-corrected chi connectivity index (χ0v) is 10.8. The van der Waals surface area contributed by atoms with Crippen molar-refractivity contribution in [3.63, 3.8) is 0 Å². The number of aryl methyl sites for hydroxylation is 1. The number of imidazole rings is 1. The van der Waals surface area contributed by atoms with Crippen LogP contribution in [0.4, 0.5) is 0 Å². The number of hydrogen-bond acceptors (Lipinski definition) is 2. The summed E-state index contributed by atoms with van der Waals surface area (Å²) in [7, 11) is 0. The van der Waals surface area contributed by atoms with Crippen molar-refractivity contribution in [2.24, 2.45) is 0 Å². The van der Waals surface area contributed by atoms with Crippen LogP contribution in [0.15, 0.2) is 17.2 Å². The molecule has 0 saturated carbocycles. The Morgan fingerprint density at radius 2 is 1.88 bits per heavy atom. The van der Waals surface area contributed by atoms with Crippen molar-refractivity contribution in [2.75, 3.05) is 6.54 Å². The fourth-order valence-electron chi connectivity index (χ4n) is 1.50. The molecule has 1 aromatic rings. The summed E-state index contributed by atoms with van der Waals surface area (Å²) in [6, 6.07) is 0. The van der Waals surface area contributed by atoms with Gasteiger partial charge in [0.2, 0.25) is 0 Å². The molecular weight excluding hydrogens is 202 g/mol. The van der Waals surface area contributed by atoms with Crippen LogP contribution in [0.1, 0.15) is 34.1 Å². The molecule has 0 aliphatic rings. The predicted molar refractivity (Wildman–Crippen MR) is 66.7 cm³/mol. The van der Waals surface area contributed by atoms with E-state index in [1.807, 2.05) is 19.3 Å². The summed E-state index contributed by atoms with van der Waals surface area (Å²) < 4.78 is 3.47. The number of nitrogens with one attached hydrogen (secondary N) is 1. The minimum atomic E-state index is 0.0820. The molecule has 0 fully saturated rings. The molecule has 0 aromatic carbocycles. The highest BCUT2D eigenvalue weighted by molar-refractivity contribution is 4.82. The Hall–Kier alpha value is -1.03. The van der Waals surface area contributed by atoms with E-state index in [1.54, 1.807) is 9.13 Å². The largest absolute Gasteiger partial charge is 0.328 e. The van der Waals surface area contributed by atoms with Gasteiger partial charge in [-0.15, -0.1) is 0 Å². The smallest absolute Gasteiger partial charge is 0.310 e. The van der Waals surface area contributed by atoms with Crippen molar-refractivity contribution < 1.29 is 0 Å². The molecule has 4 heteroatoms. The van der Waals surface area contributed by atoms with Crippen LogP contribution < -0.4 is 11.0 Å². The number of hydrogen-bond donors (Lipinski definition) is 1. The standard InChI is InChI=1S/C12H23N3O/c1-5-12(3,4)13-7-8-15-10-9-14(6-2)11(15)16/h9-10,13H,5-8H2,1-4H3. The van der Waals surface area contributed by atoms with E-state index in [4.69, 9.17) is 0 Å². The van der Waals surface area contributed by atoms with Crippen LogP contribution in [0.5, 0.6) is 0 Å². The number of rotatable bonds is 6. The summed E-state index contributed by atoms with van der Waals surface area (Å²) in [4.78, 5) is 11.7. The van der Waals surface area contributed by atoms with Crippen LogP contribution in [0, 0.1) is 0 Å². The van der Waals surface area contributed by atoms with E-state index in [1.165, 1.54) is 0 Å². The van der Waals surface area contributed by atoms with Crippen molar-refractivity contribution in [3.05, 3.63) is 22.9 Å². The second-order valence-corrected chi connectivity index (χ2v) is 4.72. The molecule has 0 aliphatic carbocycles. The van der Waals surface area contributed by atoms with Gasteiger partial charge in [0.15, 0.2) is 0 Å². The molecule has 16 heavy (non-hydrogen) atoms. The van der Waals surface area contributed by atoms with Gasteiger partial charge in [0.1, 0.15) is 0 Å². The molecule has 0 radical (unpaired) electrons. The maximum absolute atomic E-state index is 11.7. The highest BCUT2D eigenvalue weighted by Gasteiger charge is 2.13. The van der Waals surface area contributed by atoms with E-state index in [0.29, 0.717) is 0 Å². The first-order valence-electron chi connectivity index (χ1n) is 6.00. The Balaban J connectivity index is 2.50. The lowest BCUT2D eigenvalue weighted by Gasteiger charge is -2.24. The van der Waals surface area contributed by atoms with Gasteiger partial charge >= 0.3 is 5.69 Å². The maximum atomic E-state index is 11.7. The summed E-state index contributed by atoms with van der Waals surface area (Å²) >= 11 is 0. The Morgan fingerprint density at radius 1 is 1.25 bits per heavy atom. The fourth-order valence-corrected chi connectivity index (χ4v) is 1.50. The first-order chi connectivity index (χ1) is 7.50. The average Bonchev–Trinajstić information content (AvgIpc) is 2.60. The van der Waals surface area contributed by atoms with Gasteiger partial charge in [-0.3, -0.25) is 9.13 Å². The van der Waals surface area contributed by atoms with Crippen molar-refractivity contribution in [1.82, 2.24) is 14.5 Å². The van der Waals surface area contributed by atoms with Gasteiger partial charge in [-0.2, -0.15) is 0 Å². The van der Waals surface area contributed by atoms with Gasteiger partial charge in [0.25, 0.3) is 0 Å². The molecule has 0 atom stereocenters. The van der Waals surface area contributed by atoms with Gasteiger partial charge in [-0.1, -0.05) is 6.92 Å². The minimum Gasteiger partial charge on any atom is -0.310 e. The third-order valence-electron chi connectivity index (χ3n) is 3.10. The number of nitrogens with zero attached hydrogens (tertiary/aromatic N) is 2. The van der Waals surface area contributed by atoms with Crippen LogP contribution in [0.25, 0.3) is 0 Å². The molecule has 0 unspecified atom stereocenters. The molecule has 0 spiro atoms. The highest BCUT2D eigenvalue weighted by atomic mass is 16.1. The lowest BCUT2D eigenvalue weighted by atomic mass is 10.0. The molecule has 1 rings (SSSR count). The van der Waals surface area contributed by atoms with Crippen LogP contribution in [-0.2, 0) is 13.1 Å². The fraction of sp³-hybridized carbons (Fsp3) is 0.750. The third-order valence-corrected chi connectivity index (χ3v) is 3.10. The molecule has 1 aromatic heterocycles. The van der Waals surface area contributed by atoms with Crippen molar-refractivity contribution in [1.29, 1.82) is 0 Å². The summed E-state index contributed by atoms with van der Waals surface area (Å²) in [5.74, 6) is 0. The van der Waals surface area contributed by atoms with Crippen LogP contribution in [0.3, 0.4) is 0 Å². The van der Waals surface area contributed by atoms with Gasteiger partial charge < -0.3 is 5.32 Å². The van der Waals surface area contributed by atoms with Crippen LogP contribution >= 0.6 is 0 Å².